The fourth-order valence-electron chi connectivity index (χ4n) is 3.06. The maximum atomic E-state index is 13.1. The molecule has 7 nitrogen and oxygen atoms in total. The number of likely N-dealkylation sites (tertiary alicyclic amines) is 1. The first-order chi connectivity index (χ1) is 13.2. The molecular formula is C18H15F3N2O5. The van der Waals surface area contributed by atoms with Crippen LogP contribution in [0, 0.1) is 11.8 Å². The van der Waals surface area contributed by atoms with Crippen LogP contribution < -0.4 is 5.32 Å². The lowest BCUT2D eigenvalue weighted by molar-refractivity contribution is -0.187. The van der Waals surface area contributed by atoms with Gasteiger partial charge in [0.25, 0.3) is 11.8 Å². The Morgan fingerprint density at radius 3 is 2.46 bits per heavy atom. The number of anilines is 1. The number of nitrogens with zero attached hydrogens (tertiary/aromatic N) is 1. The summed E-state index contributed by atoms with van der Waals surface area (Å²) in [4.78, 5) is 36.6. The minimum Gasteiger partial charge on any atom is -0.481 e. The Morgan fingerprint density at radius 1 is 1.14 bits per heavy atom. The molecule has 1 aromatic carbocycles. The number of alkyl halides is 3. The van der Waals surface area contributed by atoms with E-state index in [4.69, 9.17) is 9.52 Å². The summed E-state index contributed by atoms with van der Waals surface area (Å²) in [7, 11) is 0. The highest BCUT2D eigenvalue weighted by Crippen LogP contribution is 2.38. The van der Waals surface area contributed by atoms with E-state index in [1.165, 1.54) is 42.7 Å². The van der Waals surface area contributed by atoms with Crippen LogP contribution in [0.3, 0.4) is 0 Å². The van der Waals surface area contributed by atoms with Crippen LogP contribution in [-0.4, -0.2) is 47.1 Å². The van der Waals surface area contributed by atoms with Crippen LogP contribution >= 0.6 is 0 Å². The van der Waals surface area contributed by atoms with E-state index in [2.05, 4.69) is 5.32 Å². The highest BCUT2D eigenvalue weighted by molar-refractivity contribution is 6.03. The van der Waals surface area contributed by atoms with Gasteiger partial charge >= 0.3 is 12.1 Å². The number of rotatable bonds is 4. The number of carboxylic acid groups (broad SMARTS) is 1. The van der Waals surface area contributed by atoms with Crippen molar-refractivity contribution in [2.75, 3.05) is 18.4 Å². The van der Waals surface area contributed by atoms with Gasteiger partial charge in [-0.2, -0.15) is 13.2 Å². The quantitative estimate of drug-likeness (QED) is 0.828. The third-order valence-electron chi connectivity index (χ3n) is 4.46. The first-order valence-electron chi connectivity index (χ1n) is 8.20. The Morgan fingerprint density at radius 2 is 1.89 bits per heavy atom. The van der Waals surface area contributed by atoms with Gasteiger partial charge < -0.3 is 19.7 Å². The second-order valence-electron chi connectivity index (χ2n) is 6.32. The molecule has 1 aliphatic rings. The summed E-state index contributed by atoms with van der Waals surface area (Å²) in [6.07, 6.45) is -3.41. The minimum atomic E-state index is -4.73. The summed E-state index contributed by atoms with van der Waals surface area (Å²) in [5, 5.41) is 11.6. The fourth-order valence-corrected chi connectivity index (χ4v) is 3.06. The number of nitrogens with one attached hydrogen (secondary N) is 1. The lowest BCUT2D eigenvalue weighted by Gasteiger charge is -2.18. The molecule has 2 N–H and O–H groups in total. The van der Waals surface area contributed by atoms with E-state index in [1.54, 1.807) is 0 Å². The van der Waals surface area contributed by atoms with Crippen molar-refractivity contribution in [3.05, 3.63) is 54.0 Å². The number of carboxylic acids is 1. The Hall–Kier alpha value is -3.30. The number of furan rings is 1. The van der Waals surface area contributed by atoms with Crippen LogP contribution in [0.15, 0.2) is 47.1 Å². The van der Waals surface area contributed by atoms with Gasteiger partial charge in [-0.3, -0.25) is 14.4 Å². The van der Waals surface area contributed by atoms with E-state index in [-0.39, 0.29) is 17.0 Å². The third-order valence-corrected chi connectivity index (χ3v) is 4.46. The Kier molecular flexibility index (Phi) is 5.12. The number of carbonyl (C=O) groups excluding carboxylic acids is 2. The van der Waals surface area contributed by atoms with E-state index >= 15 is 0 Å². The highest BCUT2D eigenvalue weighted by atomic mass is 19.4. The van der Waals surface area contributed by atoms with E-state index in [9.17, 15) is 27.6 Å². The Balaban J connectivity index is 1.76. The molecule has 1 aromatic heterocycles. The predicted molar refractivity (Wildman–Crippen MR) is 89.7 cm³/mol. The molecule has 1 fully saturated rings. The summed E-state index contributed by atoms with van der Waals surface area (Å²) in [6.45, 7) is -1.27. The third kappa shape index (κ3) is 4.00. The van der Waals surface area contributed by atoms with Crippen LogP contribution in [0.4, 0.5) is 18.9 Å². The SMILES string of the molecule is O=C(Nc1cccc(C(=O)N2C[C@@H](C(F)(F)F)[C@H](C(=O)O)C2)c1)c1ccco1. The molecule has 2 amide bonds. The van der Waals surface area contributed by atoms with E-state index < -0.39 is 48.9 Å². The van der Waals surface area contributed by atoms with Crippen LogP contribution in [-0.2, 0) is 4.79 Å². The summed E-state index contributed by atoms with van der Waals surface area (Å²) < 4.78 is 44.2. The van der Waals surface area contributed by atoms with Gasteiger partial charge in [0.15, 0.2) is 5.76 Å². The number of benzene rings is 1. The molecule has 2 atom stereocenters. The monoisotopic (exact) mass is 396 g/mol. The smallest absolute Gasteiger partial charge is 0.394 e. The molecule has 2 aromatic rings. The molecule has 0 radical (unpaired) electrons. The largest absolute Gasteiger partial charge is 0.481 e. The zero-order valence-electron chi connectivity index (χ0n) is 14.3. The van der Waals surface area contributed by atoms with Crippen molar-refractivity contribution < 1.29 is 37.1 Å². The van der Waals surface area contributed by atoms with Crippen LogP contribution in [0.2, 0.25) is 0 Å². The molecule has 0 spiro atoms. The minimum absolute atomic E-state index is 0.0317. The molecule has 2 heterocycles. The molecule has 10 heteroatoms. The predicted octanol–water partition coefficient (Wildman–Crippen LogP) is 2.87. The van der Waals surface area contributed by atoms with Crippen molar-refractivity contribution in [2.24, 2.45) is 11.8 Å². The van der Waals surface area contributed by atoms with E-state index in [0.29, 0.717) is 0 Å². The molecule has 0 aliphatic carbocycles. The molecule has 0 unspecified atom stereocenters. The molecule has 0 saturated carbocycles. The zero-order valence-corrected chi connectivity index (χ0v) is 14.3. The Bertz CT molecular complexity index is 895. The summed E-state index contributed by atoms with van der Waals surface area (Å²) in [5.74, 6) is -6.70. The van der Waals surface area contributed by atoms with Gasteiger partial charge in [-0.25, -0.2) is 0 Å². The molecule has 148 valence electrons. The van der Waals surface area contributed by atoms with Gasteiger partial charge in [0, 0.05) is 24.3 Å². The van der Waals surface area contributed by atoms with Crippen molar-refractivity contribution >= 4 is 23.5 Å². The normalized spacial score (nSPS) is 19.5. The fraction of sp³-hybridized carbons (Fsp3) is 0.278. The molecule has 1 aliphatic heterocycles. The average Bonchev–Trinajstić information content (AvgIpc) is 3.30. The Labute approximate surface area is 156 Å². The number of hydrogen-bond donors (Lipinski definition) is 2. The number of aliphatic carboxylic acids is 1. The second kappa shape index (κ2) is 7.37. The van der Waals surface area contributed by atoms with Gasteiger partial charge in [0.05, 0.1) is 18.1 Å². The number of halogens is 3. The molecular weight excluding hydrogens is 381 g/mol. The van der Waals surface area contributed by atoms with Crippen molar-refractivity contribution in [3.63, 3.8) is 0 Å². The summed E-state index contributed by atoms with van der Waals surface area (Å²) >= 11 is 0. The number of carbonyl (C=O) groups is 3. The van der Waals surface area contributed by atoms with Crippen molar-refractivity contribution in [1.82, 2.24) is 4.90 Å². The second-order valence-corrected chi connectivity index (χ2v) is 6.32. The lowest BCUT2D eigenvalue weighted by Crippen LogP contribution is -2.34. The van der Waals surface area contributed by atoms with Crippen LogP contribution in [0.1, 0.15) is 20.9 Å². The highest BCUT2D eigenvalue weighted by Gasteiger charge is 2.53. The van der Waals surface area contributed by atoms with Crippen molar-refractivity contribution in [2.45, 2.75) is 6.18 Å². The van der Waals surface area contributed by atoms with Gasteiger partial charge in [0.1, 0.15) is 0 Å². The first-order valence-corrected chi connectivity index (χ1v) is 8.20. The number of amides is 2. The topological polar surface area (TPSA) is 99.9 Å². The van der Waals surface area contributed by atoms with E-state index in [1.807, 2.05) is 0 Å². The average molecular weight is 396 g/mol. The summed E-state index contributed by atoms with van der Waals surface area (Å²) in [5.41, 5.74) is 0.276. The maximum Gasteiger partial charge on any atom is 0.394 e. The van der Waals surface area contributed by atoms with Gasteiger partial charge in [-0.05, 0) is 30.3 Å². The van der Waals surface area contributed by atoms with Crippen LogP contribution in [0.5, 0.6) is 0 Å². The molecule has 28 heavy (non-hydrogen) atoms. The maximum absolute atomic E-state index is 13.1. The lowest BCUT2D eigenvalue weighted by atomic mass is 9.96. The summed E-state index contributed by atoms with van der Waals surface area (Å²) in [6, 6.07) is 8.61. The zero-order chi connectivity index (χ0) is 20.5. The molecule has 0 bridgehead atoms. The van der Waals surface area contributed by atoms with Gasteiger partial charge in [-0.1, -0.05) is 6.07 Å². The molecule has 3 rings (SSSR count). The van der Waals surface area contributed by atoms with Gasteiger partial charge in [0.2, 0.25) is 0 Å². The van der Waals surface area contributed by atoms with Crippen molar-refractivity contribution in [3.8, 4) is 0 Å². The van der Waals surface area contributed by atoms with Crippen LogP contribution in [0.25, 0.3) is 0 Å². The molecule has 1 saturated heterocycles. The standard InChI is InChI=1S/C18H15F3N2O5/c19-18(20,21)13-9-23(8-12(13)17(26)27)16(25)10-3-1-4-11(7-10)22-15(24)14-5-2-6-28-14/h1-7,12-13H,8-9H2,(H,22,24)(H,26,27)/t12-,13-/m1/s1. The van der Waals surface area contributed by atoms with E-state index in [0.717, 1.165) is 4.90 Å². The number of hydrogen-bond acceptors (Lipinski definition) is 4. The van der Waals surface area contributed by atoms with Crippen molar-refractivity contribution in [1.29, 1.82) is 0 Å². The first kappa shape index (κ1) is 19.5. The van der Waals surface area contributed by atoms with Gasteiger partial charge in [-0.15, -0.1) is 0 Å².